The molecule has 0 bridgehead atoms. The molecular formula is C9H14O3. The SMILES string of the molecule is CC1C(COC=O)CCC2OC21. The second-order valence-electron chi connectivity index (χ2n) is 3.77. The summed E-state index contributed by atoms with van der Waals surface area (Å²) in [6, 6.07) is 0. The van der Waals surface area contributed by atoms with E-state index in [4.69, 9.17) is 9.47 Å². The highest BCUT2D eigenvalue weighted by Gasteiger charge is 2.49. The van der Waals surface area contributed by atoms with E-state index in [1.807, 2.05) is 0 Å². The van der Waals surface area contributed by atoms with Gasteiger partial charge in [0, 0.05) is 0 Å². The summed E-state index contributed by atoms with van der Waals surface area (Å²) in [5.74, 6) is 1.07. The van der Waals surface area contributed by atoms with E-state index in [-0.39, 0.29) is 0 Å². The molecule has 12 heavy (non-hydrogen) atoms. The van der Waals surface area contributed by atoms with Gasteiger partial charge in [0.05, 0.1) is 18.8 Å². The van der Waals surface area contributed by atoms with Gasteiger partial charge in [0.25, 0.3) is 6.47 Å². The molecule has 2 fully saturated rings. The molecule has 4 unspecified atom stereocenters. The first kappa shape index (κ1) is 8.05. The molecule has 3 heteroatoms. The van der Waals surface area contributed by atoms with Crippen LogP contribution in [0.2, 0.25) is 0 Å². The lowest BCUT2D eigenvalue weighted by molar-refractivity contribution is -0.130. The number of hydrogen-bond acceptors (Lipinski definition) is 3. The van der Waals surface area contributed by atoms with Gasteiger partial charge in [-0.25, -0.2) is 0 Å². The van der Waals surface area contributed by atoms with Crippen LogP contribution in [0.1, 0.15) is 19.8 Å². The van der Waals surface area contributed by atoms with Crippen LogP contribution >= 0.6 is 0 Å². The van der Waals surface area contributed by atoms with Gasteiger partial charge in [-0.1, -0.05) is 6.92 Å². The van der Waals surface area contributed by atoms with Gasteiger partial charge in [-0.15, -0.1) is 0 Å². The maximum Gasteiger partial charge on any atom is 0.293 e. The minimum Gasteiger partial charge on any atom is -0.468 e. The Balaban J connectivity index is 1.84. The molecule has 0 spiro atoms. The van der Waals surface area contributed by atoms with Crippen LogP contribution in [-0.4, -0.2) is 25.3 Å². The lowest BCUT2D eigenvalue weighted by Crippen LogP contribution is -2.27. The maximum absolute atomic E-state index is 9.99. The van der Waals surface area contributed by atoms with Crippen molar-refractivity contribution in [3.63, 3.8) is 0 Å². The Morgan fingerprint density at radius 3 is 3.17 bits per heavy atom. The van der Waals surface area contributed by atoms with Crippen LogP contribution < -0.4 is 0 Å². The van der Waals surface area contributed by atoms with E-state index in [0.717, 1.165) is 12.8 Å². The van der Waals surface area contributed by atoms with Crippen LogP contribution in [0, 0.1) is 11.8 Å². The van der Waals surface area contributed by atoms with Gasteiger partial charge in [0.1, 0.15) is 0 Å². The van der Waals surface area contributed by atoms with Gasteiger partial charge < -0.3 is 9.47 Å². The lowest BCUT2D eigenvalue weighted by atomic mass is 9.81. The number of carbonyl (C=O) groups excluding carboxylic acids is 1. The predicted octanol–water partition coefficient (Wildman–Crippen LogP) is 0.973. The van der Waals surface area contributed by atoms with Crippen molar-refractivity contribution in [1.82, 2.24) is 0 Å². The lowest BCUT2D eigenvalue weighted by Gasteiger charge is -2.24. The first-order chi connectivity index (χ1) is 5.83. The van der Waals surface area contributed by atoms with E-state index >= 15 is 0 Å². The van der Waals surface area contributed by atoms with Crippen LogP contribution in [0.5, 0.6) is 0 Å². The minimum absolute atomic E-state index is 0.457. The summed E-state index contributed by atoms with van der Waals surface area (Å²) in [4.78, 5) is 9.99. The Morgan fingerprint density at radius 1 is 1.58 bits per heavy atom. The molecular weight excluding hydrogens is 156 g/mol. The summed E-state index contributed by atoms with van der Waals surface area (Å²) in [7, 11) is 0. The summed E-state index contributed by atoms with van der Waals surface area (Å²) < 4.78 is 10.2. The van der Waals surface area contributed by atoms with Gasteiger partial charge in [0.15, 0.2) is 0 Å². The molecule has 0 aromatic heterocycles. The maximum atomic E-state index is 9.99. The van der Waals surface area contributed by atoms with E-state index in [2.05, 4.69) is 6.92 Å². The molecule has 3 nitrogen and oxygen atoms in total. The highest BCUT2D eigenvalue weighted by molar-refractivity contribution is 5.36. The third-order valence-electron chi connectivity index (χ3n) is 3.08. The molecule has 1 aliphatic carbocycles. The largest absolute Gasteiger partial charge is 0.468 e. The number of epoxide rings is 1. The molecule has 68 valence electrons. The normalized spacial score (nSPS) is 44.8. The molecule has 2 rings (SSSR count). The average Bonchev–Trinajstić information content (AvgIpc) is 2.83. The van der Waals surface area contributed by atoms with Gasteiger partial charge in [-0.3, -0.25) is 4.79 Å². The molecule has 0 amide bonds. The monoisotopic (exact) mass is 170 g/mol. The van der Waals surface area contributed by atoms with Crippen molar-refractivity contribution in [2.45, 2.75) is 32.0 Å². The van der Waals surface area contributed by atoms with E-state index in [1.54, 1.807) is 0 Å². The van der Waals surface area contributed by atoms with Crippen LogP contribution in [0.25, 0.3) is 0 Å². The summed E-state index contributed by atoms with van der Waals surface area (Å²) in [5.41, 5.74) is 0. The number of rotatable bonds is 3. The Kier molecular flexibility index (Phi) is 2.05. The summed E-state index contributed by atoms with van der Waals surface area (Å²) in [5, 5.41) is 0. The topological polar surface area (TPSA) is 38.8 Å². The number of ether oxygens (including phenoxy) is 2. The second-order valence-corrected chi connectivity index (χ2v) is 3.77. The zero-order chi connectivity index (χ0) is 8.55. The fraction of sp³-hybridized carbons (Fsp3) is 0.889. The third kappa shape index (κ3) is 1.33. The van der Waals surface area contributed by atoms with Crippen molar-refractivity contribution in [1.29, 1.82) is 0 Å². The fourth-order valence-electron chi connectivity index (χ4n) is 2.16. The smallest absolute Gasteiger partial charge is 0.293 e. The van der Waals surface area contributed by atoms with Crippen molar-refractivity contribution >= 4 is 6.47 Å². The molecule has 1 saturated carbocycles. The Hall–Kier alpha value is -0.570. The highest BCUT2D eigenvalue weighted by Crippen LogP contribution is 2.43. The van der Waals surface area contributed by atoms with Crippen molar-refractivity contribution < 1.29 is 14.3 Å². The first-order valence-corrected chi connectivity index (χ1v) is 4.53. The molecule has 1 aliphatic heterocycles. The van der Waals surface area contributed by atoms with Crippen molar-refractivity contribution in [3.8, 4) is 0 Å². The second kappa shape index (κ2) is 3.05. The summed E-state index contributed by atoms with van der Waals surface area (Å²) in [6.45, 7) is 3.28. The van der Waals surface area contributed by atoms with E-state index in [0.29, 0.717) is 37.1 Å². The molecule has 0 aromatic rings. The third-order valence-corrected chi connectivity index (χ3v) is 3.08. The summed E-state index contributed by atoms with van der Waals surface area (Å²) in [6.07, 6.45) is 3.25. The standard InChI is InChI=1S/C9H14O3/c1-6-7(4-11-5-10)2-3-8-9(6)12-8/h5-9H,2-4H2,1H3. The Morgan fingerprint density at radius 2 is 2.42 bits per heavy atom. The van der Waals surface area contributed by atoms with E-state index in [9.17, 15) is 4.79 Å². The molecule has 1 heterocycles. The van der Waals surface area contributed by atoms with Crippen LogP contribution in [0.15, 0.2) is 0 Å². The Labute approximate surface area is 72.0 Å². The highest BCUT2D eigenvalue weighted by atomic mass is 16.6. The zero-order valence-corrected chi connectivity index (χ0v) is 7.23. The average molecular weight is 170 g/mol. The van der Waals surface area contributed by atoms with Crippen LogP contribution in [0.3, 0.4) is 0 Å². The van der Waals surface area contributed by atoms with Gasteiger partial charge in [-0.05, 0) is 24.7 Å². The first-order valence-electron chi connectivity index (χ1n) is 4.53. The molecule has 1 saturated heterocycles. The van der Waals surface area contributed by atoms with Crippen LogP contribution in [0.4, 0.5) is 0 Å². The molecule has 2 aliphatic rings. The molecule has 0 aromatic carbocycles. The Bertz CT molecular complexity index is 181. The van der Waals surface area contributed by atoms with Crippen molar-refractivity contribution in [3.05, 3.63) is 0 Å². The van der Waals surface area contributed by atoms with Crippen molar-refractivity contribution in [2.75, 3.05) is 6.61 Å². The van der Waals surface area contributed by atoms with Gasteiger partial charge >= 0.3 is 0 Å². The van der Waals surface area contributed by atoms with Crippen LogP contribution in [-0.2, 0) is 14.3 Å². The molecule has 0 N–H and O–H groups in total. The minimum atomic E-state index is 0.457. The van der Waals surface area contributed by atoms with E-state index < -0.39 is 0 Å². The summed E-state index contributed by atoms with van der Waals surface area (Å²) >= 11 is 0. The predicted molar refractivity (Wildman–Crippen MR) is 42.6 cm³/mol. The quantitative estimate of drug-likeness (QED) is 0.468. The fourth-order valence-corrected chi connectivity index (χ4v) is 2.16. The number of hydrogen-bond donors (Lipinski definition) is 0. The number of carbonyl (C=O) groups is 1. The van der Waals surface area contributed by atoms with Gasteiger partial charge in [-0.2, -0.15) is 0 Å². The molecule has 0 radical (unpaired) electrons. The van der Waals surface area contributed by atoms with E-state index in [1.165, 1.54) is 0 Å². The molecule has 4 atom stereocenters. The van der Waals surface area contributed by atoms with Crippen molar-refractivity contribution in [2.24, 2.45) is 11.8 Å². The number of fused-ring (bicyclic) bond motifs is 1. The zero-order valence-electron chi connectivity index (χ0n) is 7.23. The van der Waals surface area contributed by atoms with Gasteiger partial charge in [0.2, 0.25) is 0 Å².